The van der Waals surface area contributed by atoms with Crippen LogP contribution in [0.25, 0.3) is 0 Å². The van der Waals surface area contributed by atoms with Gasteiger partial charge in [-0.25, -0.2) is 4.79 Å². The van der Waals surface area contributed by atoms with Gasteiger partial charge in [-0.15, -0.1) is 0 Å². The largest absolute Gasteiger partial charge is 0.480 e. The third-order valence-electron chi connectivity index (χ3n) is 3.96. The van der Waals surface area contributed by atoms with Crippen LogP contribution in [0.1, 0.15) is 30.1 Å². The lowest BCUT2D eigenvalue weighted by Gasteiger charge is -2.26. The molecule has 1 N–H and O–H groups in total. The average molecular weight is 368 g/mol. The van der Waals surface area contributed by atoms with E-state index in [2.05, 4.69) is 15.9 Å². The highest BCUT2D eigenvalue weighted by atomic mass is 79.9. The summed E-state index contributed by atoms with van der Waals surface area (Å²) in [5.74, 6) is -2.07. The third-order valence-corrected chi connectivity index (χ3v) is 5.17. The predicted octanol–water partition coefficient (Wildman–Crippen LogP) is 2.34. The van der Waals surface area contributed by atoms with Crippen LogP contribution in [-0.2, 0) is 9.59 Å². The van der Waals surface area contributed by atoms with Gasteiger partial charge in [0.2, 0.25) is 5.91 Å². The number of aliphatic carboxylic acids is 1. The Labute approximate surface area is 137 Å². The smallest absolute Gasteiger partial charge is 0.326 e. The first-order chi connectivity index (χ1) is 10.4. The van der Waals surface area contributed by atoms with E-state index in [1.807, 2.05) is 6.07 Å². The van der Waals surface area contributed by atoms with Crippen LogP contribution in [0.15, 0.2) is 30.3 Å². The number of benzene rings is 1. The van der Waals surface area contributed by atoms with Crippen LogP contribution >= 0.6 is 15.9 Å². The molecule has 0 radical (unpaired) electrons. The van der Waals surface area contributed by atoms with Crippen molar-refractivity contribution in [2.24, 2.45) is 5.92 Å². The number of likely N-dealkylation sites (tertiary alicyclic amines) is 1. The van der Waals surface area contributed by atoms with Gasteiger partial charge in [0.25, 0.3) is 0 Å². The maximum atomic E-state index is 12.5. The highest BCUT2D eigenvalue weighted by Crippen LogP contribution is 2.25. The summed E-state index contributed by atoms with van der Waals surface area (Å²) in [5.41, 5.74) is 0.528. The molecule has 0 unspecified atom stereocenters. The zero-order chi connectivity index (χ0) is 16.3. The maximum absolute atomic E-state index is 12.5. The Morgan fingerprint density at radius 1 is 1.27 bits per heavy atom. The van der Waals surface area contributed by atoms with E-state index in [0.717, 1.165) is 0 Å². The number of hydrogen-bond donors (Lipinski definition) is 1. The Bertz CT molecular complexity index is 575. The van der Waals surface area contributed by atoms with Gasteiger partial charge in [-0.3, -0.25) is 9.59 Å². The standard InChI is InChI=1S/C16H18BrNO4/c1-10(13(17)14(19)11-6-3-2-4-7-11)15(20)18-9-5-8-12(18)16(21)22/h2-4,6-7,10,12-13H,5,8-9H2,1H3,(H,21,22)/t10-,12+,13+/m1/s1. The Hall–Kier alpha value is -1.69. The molecule has 1 aromatic rings. The van der Waals surface area contributed by atoms with Crippen LogP contribution in [0.4, 0.5) is 0 Å². The van der Waals surface area contributed by atoms with Gasteiger partial charge in [0.1, 0.15) is 6.04 Å². The summed E-state index contributed by atoms with van der Waals surface area (Å²) in [6.07, 6.45) is 1.14. The number of halogens is 1. The van der Waals surface area contributed by atoms with E-state index in [1.54, 1.807) is 31.2 Å². The molecule has 1 heterocycles. The second-order valence-corrected chi connectivity index (χ2v) is 6.44. The monoisotopic (exact) mass is 367 g/mol. The summed E-state index contributed by atoms with van der Waals surface area (Å²) in [4.78, 5) is 36.8. The minimum atomic E-state index is -0.987. The molecule has 0 spiro atoms. The molecule has 1 saturated heterocycles. The summed E-state index contributed by atoms with van der Waals surface area (Å²) in [5, 5.41) is 9.17. The van der Waals surface area contributed by atoms with Crippen LogP contribution in [0, 0.1) is 5.92 Å². The third kappa shape index (κ3) is 3.38. The van der Waals surface area contributed by atoms with E-state index in [0.29, 0.717) is 24.9 Å². The lowest BCUT2D eigenvalue weighted by Crippen LogP contribution is -2.45. The van der Waals surface area contributed by atoms with Gasteiger partial charge in [-0.1, -0.05) is 53.2 Å². The quantitative estimate of drug-likeness (QED) is 0.640. The second kappa shape index (κ2) is 7.05. The second-order valence-electron chi connectivity index (χ2n) is 5.45. The topological polar surface area (TPSA) is 74.7 Å². The van der Waals surface area contributed by atoms with E-state index in [1.165, 1.54) is 4.90 Å². The van der Waals surface area contributed by atoms with Gasteiger partial charge < -0.3 is 10.0 Å². The van der Waals surface area contributed by atoms with E-state index in [4.69, 9.17) is 5.11 Å². The van der Waals surface area contributed by atoms with Crippen LogP contribution in [-0.4, -0.2) is 45.1 Å². The minimum absolute atomic E-state index is 0.174. The van der Waals surface area contributed by atoms with Crippen molar-refractivity contribution < 1.29 is 19.5 Å². The van der Waals surface area contributed by atoms with Crippen LogP contribution in [0.5, 0.6) is 0 Å². The number of Topliss-reactive ketones (excluding diaryl/α,β-unsaturated/α-hetero) is 1. The van der Waals surface area contributed by atoms with Gasteiger partial charge in [-0.05, 0) is 12.8 Å². The zero-order valence-electron chi connectivity index (χ0n) is 12.2. The van der Waals surface area contributed by atoms with Crippen molar-refractivity contribution >= 4 is 33.6 Å². The fraction of sp³-hybridized carbons (Fsp3) is 0.438. The van der Waals surface area contributed by atoms with Crippen molar-refractivity contribution in [3.8, 4) is 0 Å². The Kier molecular flexibility index (Phi) is 5.34. The number of nitrogens with zero attached hydrogens (tertiary/aromatic N) is 1. The van der Waals surface area contributed by atoms with E-state index in [-0.39, 0.29) is 11.7 Å². The zero-order valence-corrected chi connectivity index (χ0v) is 13.8. The molecule has 0 bridgehead atoms. The molecule has 0 saturated carbocycles. The van der Waals surface area contributed by atoms with Crippen LogP contribution < -0.4 is 0 Å². The lowest BCUT2D eigenvalue weighted by atomic mass is 9.98. The number of hydrogen-bond acceptors (Lipinski definition) is 3. The van der Waals surface area contributed by atoms with Gasteiger partial charge in [0.15, 0.2) is 5.78 Å². The molecule has 6 heteroatoms. The number of carbonyl (C=O) groups is 3. The molecule has 1 aliphatic rings. The Morgan fingerprint density at radius 2 is 1.91 bits per heavy atom. The van der Waals surface area contributed by atoms with Crippen molar-refractivity contribution in [1.82, 2.24) is 4.90 Å². The van der Waals surface area contributed by atoms with Gasteiger partial charge in [-0.2, -0.15) is 0 Å². The summed E-state index contributed by atoms with van der Waals surface area (Å²) < 4.78 is 0. The molecule has 3 atom stereocenters. The first kappa shape index (κ1) is 16.7. The van der Waals surface area contributed by atoms with Crippen LogP contribution in [0.2, 0.25) is 0 Å². The predicted molar refractivity (Wildman–Crippen MR) is 85.0 cm³/mol. The molecular formula is C16H18BrNO4. The highest BCUT2D eigenvalue weighted by Gasteiger charge is 2.39. The molecule has 118 valence electrons. The van der Waals surface area contributed by atoms with Crippen molar-refractivity contribution in [2.75, 3.05) is 6.54 Å². The molecule has 1 amide bonds. The number of ketones is 1. The Morgan fingerprint density at radius 3 is 2.50 bits per heavy atom. The van der Waals surface area contributed by atoms with Crippen molar-refractivity contribution in [3.63, 3.8) is 0 Å². The number of alkyl halides is 1. The fourth-order valence-electron chi connectivity index (χ4n) is 2.66. The van der Waals surface area contributed by atoms with Crippen molar-refractivity contribution in [2.45, 2.75) is 30.6 Å². The molecule has 5 nitrogen and oxygen atoms in total. The summed E-state index contributed by atoms with van der Waals surface area (Å²) >= 11 is 3.31. The van der Waals surface area contributed by atoms with Gasteiger partial charge >= 0.3 is 5.97 Å². The lowest BCUT2D eigenvalue weighted by molar-refractivity contribution is -0.149. The average Bonchev–Trinajstić information content (AvgIpc) is 3.02. The highest BCUT2D eigenvalue weighted by molar-refractivity contribution is 9.10. The molecule has 1 fully saturated rings. The first-order valence-corrected chi connectivity index (χ1v) is 8.11. The van der Waals surface area contributed by atoms with Crippen molar-refractivity contribution in [1.29, 1.82) is 0 Å². The van der Waals surface area contributed by atoms with E-state index < -0.39 is 22.8 Å². The van der Waals surface area contributed by atoms with E-state index >= 15 is 0 Å². The number of carboxylic acid groups (broad SMARTS) is 1. The van der Waals surface area contributed by atoms with Crippen molar-refractivity contribution in [3.05, 3.63) is 35.9 Å². The normalized spacial score (nSPS) is 20.5. The Balaban J connectivity index is 2.10. The molecule has 22 heavy (non-hydrogen) atoms. The first-order valence-electron chi connectivity index (χ1n) is 7.20. The number of amides is 1. The summed E-state index contributed by atoms with van der Waals surface area (Å²) in [6, 6.07) is 7.96. The molecule has 2 rings (SSSR count). The molecular weight excluding hydrogens is 350 g/mol. The minimum Gasteiger partial charge on any atom is -0.480 e. The number of rotatable bonds is 5. The fourth-order valence-corrected chi connectivity index (χ4v) is 3.15. The van der Waals surface area contributed by atoms with Crippen LogP contribution in [0.3, 0.4) is 0 Å². The molecule has 1 aromatic carbocycles. The number of carboxylic acids is 1. The summed E-state index contributed by atoms with van der Waals surface area (Å²) in [7, 11) is 0. The van der Waals surface area contributed by atoms with Gasteiger partial charge in [0, 0.05) is 12.1 Å². The van der Waals surface area contributed by atoms with E-state index in [9.17, 15) is 14.4 Å². The van der Waals surface area contributed by atoms with Gasteiger partial charge in [0.05, 0.1) is 10.7 Å². The maximum Gasteiger partial charge on any atom is 0.326 e. The molecule has 0 aromatic heterocycles. The molecule has 0 aliphatic carbocycles. The number of carbonyl (C=O) groups excluding carboxylic acids is 2. The SMILES string of the molecule is C[C@@H](C(=O)N1CCC[C@H]1C(=O)O)[C@H](Br)C(=O)c1ccccc1. The molecule has 1 aliphatic heterocycles. The summed E-state index contributed by atoms with van der Waals surface area (Å²) in [6.45, 7) is 2.08.